The number of aryl methyl sites for hydroxylation is 1. The molecular formula is C12H16OS. The normalized spacial score (nSPS) is 10.1. The van der Waals surface area contributed by atoms with Crippen molar-refractivity contribution in [2.75, 3.05) is 0 Å². The van der Waals surface area contributed by atoms with E-state index in [4.69, 9.17) is 0 Å². The summed E-state index contributed by atoms with van der Waals surface area (Å²) in [6.45, 7) is 7.98. The minimum atomic E-state index is 0.210. The Kier molecular flexibility index (Phi) is 4.08. The van der Waals surface area contributed by atoms with E-state index in [1.807, 2.05) is 19.1 Å². The van der Waals surface area contributed by atoms with Gasteiger partial charge >= 0.3 is 0 Å². The minimum absolute atomic E-state index is 0.210. The Morgan fingerprint density at radius 1 is 1.43 bits per heavy atom. The fourth-order valence-electron chi connectivity index (χ4n) is 1.16. The molecule has 0 unspecified atom stereocenters. The van der Waals surface area contributed by atoms with Crippen molar-refractivity contribution in [1.82, 2.24) is 0 Å². The summed E-state index contributed by atoms with van der Waals surface area (Å²) in [7, 11) is 0. The molecule has 0 aliphatic carbocycles. The van der Waals surface area contributed by atoms with Crippen LogP contribution < -0.4 is 0 Å². The molecule has 0 bridgehead atoms. The molecule has 1 nitrogen and oxygen atoms in total. The molecule has 0 amide bonds. The van der Waals surface area contributed by atoms with Crippen molar-refractivity contribution in [2.24, 2.45) is 0 Å². The highest BCUT2D eigenvalue weighted by Gasteiger charge is 2.09. The molecule has 0 aliphatic rings. The van der Waals surface area contributed by atoms with Crippen LogP contribution in [0.2, 0.25) is 0 Å². The molecule has 1 aromatic rings. The van der Waals surface area contributed by atoms with Gasteiger partial charge in [0.2, 0.25) is 0 Å². The van der Waals surface area contributed by atoms with Gasteiger partial charge in [-0.2, -0.15) is 0 Å². The summed E-state index contributed by atoms with van der Waals surface area (Å²) in [6, 6.07) is 3.96. The van der Waals surface area contributed by atoms with Crippen molar-refractivity contribution in [3.63, 3.8) is 0 Å². The summed E-state index contributed by atoms with van der Waals surface area (Å²) < 4.78 is 0. The van der Waals surface area contributed by atoms with E-state index in [-0.39, 0.29) is 5.78 Å². The standard InChI is InChI=1S/C12H16OS/c1-4-9(3)8-11(13)12-7-6-10(5-2)14-12/h6-7H,3-5,8H2,1-2H3. The molecule has 76 valence electrons. The maximum absolute atomic E-state index is 11.7. The molecule has 0 spiro atoms. The fraction of sp³-hybridized carbons (Fsp3) is 0.417. The number of rotatable bonds is 5. The van der Waals surface area contributed by atoms with Crippen molar-refractivity contribution in [3.05, 3.63) is 34.0 Å². The van der Waals surface area contributed by atoms with Gasteiger partial charge in [0.25, 0.3) is 0 Å². The van der Waals surface area contributed by atoms with E-state index in [0.29, 0.717) is 6.42 Å². The molecular weight excluding hydrogens is 192 g/mol. The van der Waals surface area contributed by atoms with E-state index < -0.39 is 0 Å². The molecule has 0 atom stereocenters. The molecule has 1 heterocycles. The first kappa shape index (κ1) is 11.2. The van der Waals surface area contributed by atoms with Crippen LogP contribution in [0.15, 0.2) is 24.3 Å². The van der Waals surface area contributed by atoms with Crippen LogP contribution in [0.5, 0.6) is 0 Å². The predicted octanol–water partition coefficient (Wildman–Crippen LogP) is 3.85. The van der Waals surface area contributed by atoms with Gasteiger partial charge in [-0.15, -0.1) is 11.3 Å². The third-order valence-corrected chi connectivity index (χ3v) is 3.47. The van der Waals surface area contributed by atoms with Crippen molar-refractivity contribution >= 4 is 17.1 Å². The highest BCUT2D eigenvalue weighted by molar-refractivity contribution is 7.14. The Balaban J connectivity index is 2.65. The van der Waals surface area contributed by atoms with Gasteiger partial charge in [-0.05, 0) is 25.0 Å². The van der Waals surface area contributed by atoms with Gasteiger partial charge in [0, 0.05) is 11.3 Å². The average Bonchev–Trinajstić information content (AvgIpc) is 2.65. The van der Waals surface area contributed by atoms with Gasteiger partial charge < -0.3 is 0 Å². The molecule has 1 rings (SSSR count). The SMILES string of the molecule is C=C(CC)CC(=O)c1ccc(CC)s1. The summed E-state index contributed by atoms with van der Waals surface area (Å²) in [4.78, 5) is 13.8. The number of carbonyl (C=O) groups excluding carboxylic acids is 1. The summed E-state index contributed by atoms with van der Waals surface area (Å²) >= 11 is 1.60. The average molecular weight is 208 g/mol. The van der Waals surface area contributed by atoms with Gasteiger partial charge in [0.05, 0.1) is 4.88 Å². The van der Waals surface area contributed by atoms with Crippen molar-refractivity contribution < 1.29 is 4.79 Å². The highest BCUT2D eigenvalue weighted by Crippen LogP contribution is 2.20. The molecule has 0 fully saturated rings. The first-order valence-corrected chi connectivity index (χ1v) is 5.77. The Morgan fingerprint density at radius 3 is 2.64 bits per heavy atom. The minimum Gasteiger partial charge on any atom is -0.293 e. The lowest BCUT2D eigenvalue weighted by atomic mass is 10.1. The molecule has 0 saturated heterocycles. The van der Waals surface area contributed by atoms with Crippen LogP contribution in [0.1, 0.15) is 41.2 Å². The molecule has 0 aromatic carbocycles. The summed E-state index contributed by atoms with van der Waals surface area (Å²) in [6.07, 6.45) is 2.39. The topological polar surface area (TPSA) is 17.1 Å². The van der Waals surface area contributed by atoms with Crippen molar-refractivity contribution in [2.45, 2.75) is 33.1 Å². The third-order valence-electron chi connectivity index (χ3n) is 2.20. The van der Waals surface area contributed by atoms with Gasteiger partial charge in [-0.1, -0.05) is 26.0 Å². The second-order valence-electron chi connectivity index (χ2n) is 3.32. The number of ketones is 1. The van der Waals surface area contributed by atoms with Crippen LogP contribution in [-0.2, 0) is 6.42 Å². The third kappa shape index (κ3) is 2.81. The van der Waals surface area contributed by atoms with Gasteiger partial charge in [0.15, 0.2) is 5.78 Å². The van der Waals surface area contributed by atoms with Crippen LogP contribution in [0.3, 0.4) is 0 Å². The van der Waals surface area contributed by atoms with Crippen LogP contribution in [-0.4, -0.2) is 5.78 Å². The zero-order valence-electron chi connectivity index (χ0n) is 8.80. The van der Waals surface area contributed by atoms with E-state index in [9.17, 15) is 4.79 Å². The second-order valence-corrected chi connectivity index (χ2v) is 4.49. The number of hydrogen-bond donors (Lipinski definition) is 0. The smallest absolute Gasteiger partial charge is 0.176 e. The van der Waals surface area contributed by atoms with Crippen molar-refractivity contribution in [3.8, 4) is 0 Å². The first-order chi connectivity index (χ1) is 6.67. The largest absolute Gasteiger partial charge is 0.293 e. The number of Topliss-reactive ketones (excluding diaryl/α,β-unsaturated/α-hetero) is 1. The number of hydrogen-bond acceptors (Lipinski definition) is 2. The lowest BCUT2D eigenvalue weighted by Crippen LogP contribution is -1.96. The summed E-state index contributed by atoms with van der Waals surface area (Å²) in [5, 5.41) is 0. The highest BCUT2D eigenvalue weighted by atomic mass is 32.1. The Bertz CT molecular complexity index is 336. The number of carbonyl (C=O) groups is 1. The Morgan fingerprint density at radius 2 is 2.14 bits per heavy atom. The maximum atomic E-state index is 11.7. The lowest BCUT2D eigenvalue weighted by Gasteiger charge is -1.98. The lowest BCUT2D eigenvalue weighted by molar-refractivity contribution is 0.0996. The van der Waals surface area contributed by atoms with Crippen LogP contribution in [0, 0.1) is 0 Å². The van der Waals surface area contributed by atoms with Crippen LogP contribution >= 0.6 is 11.3 Å². The Labute approximate surface area is 89.5 Å². The van der Waals surface area contributed by atoms with Crippen LogP contribution in [0.4, 0.5) is 0 Å². The molecule has 0 N–H and O–H groups in total. The quantitative estimate of drug-likeness (QED) is 0.530. The monoisotopic (exact) mass is 208 g/mol. The van der Waals surface area contributed by atoms with Gasteiger partial charge in [-0.3, -0.25) is 4.79 Å². The number of allylic oxidation sites excluding steroid dienone is 1. The van der Waals surface area contributed by atoms with E-state index >= 15 is 0 Å². The fourth-order valence-corrected chi connectivity index (χ4v) is 2.04. The van der Waals surface area contributed by atoms with E-state index in [1.54, 1.807) is 11.3 Å². The zero-order valence-corrected chi connectivity index (χ0v) is 9.62. The van der Waals surface area contributed by atoms with Crippen LogP contribution in [0.25, 0.3) is 0 Å². The molecule has 14 heavy (non-hydrogen) atoms. The van der Waals surface area contributed by atoms with Gasteiger partial charge in [0.1, 0.15) is 0 Å². The van der Waals surface area contributed by atoms with E-state index in [0.717, 1.165) is 23.3 Å². The molecule has 0 radical (unpaired) electrons. The van der Waals surface area contributed by atoms with E-state index in [2.05, 4.69) is 13.5 Å². The molecule has 0 saturated carbocycles. The zero-order chi connectivity index (χ0) is 10.6. The summed E-state index contributed by atoms with van der Waals surface area (Å²) in [5.41, 5.74) is 1.02. The van der Waals surface area contributed by atoms with Crippen molar-refractivity contribution in [1.29, 1.82) is 0 Å². The molecule has 1 aromatic heterocycles. The van der Waals surface area contributed by atoms with E-state index in [1.165, 1.54) is 4.88 Å². The molecule has 2 heteroatoms. The predicted molar refractivity (Wildman–Crippen MR) is 62.1 cm³/mol. The first-order valence-electron chi connectivity index (χ1n) is 4.96. The molecule has 0 aliphatic heterocycles. The summed E-state index contributed by atoms with van der Waals surface area (Å²) in [5.74, 6) is 0.210. The Hall–Kier alpha value is -0.890. The maximum Gasteiger partial charge on any atom is 0.176 e. The second kappa shape index (κ2) is 5.11. The number of thiophene rings is 1. The van der Waals surface area contributed by atoms with Gasteiger partial charge in [-0.25, -0.2) is 0 Å².